The molecule has 74 valence electrons. The van der Waals surface area contributed by atoms with Crippen LogP contribution in [-0.4, -0.2) is 23.5 Å². The van der Waals surface area contributed by atoms with Gasteiger partial charge < -0.3 is 10.4 Å². The minimum atomic E-state index is -0.703. The Balaban J connectivity index is 2.25. The van der Waals surface area contributed by atoms with Crippen LogP contribution in [0.1, 0.15) is 26.2 Å². The lowest BCUT2D eigenvalue weighted by molar-refractivity contribution is -0.141. The van der Waals surface area contributed by atoms with Crippen molar-refractivity contribution in [1.82, 2.24) is 5.32 Å². The Labute approximate surface area is 77.3 Å². The molecule has 2 unspecified atom stereocenters. The van der Waals surface area contributed by atoms with Crippen molar-refractivity contribution in [2.24, 2.45) is 11.8 Å². The highest BCUT2D eigenvalue weighted by Crippen LogP contribution is 2.30. The van der Waals surface area contributed by atoms with E-state index in [1.807, 2.05) is 0 Å². The van der Waals surface area contributed by atoms with Crippen LogP contribution in [0.5, 0.6) is 0 Å². The zero-order chi connectivity index (χ0) is 9.84. The van der Waals surface area contributed by atoms with E-state index in [1.165, 1.54) is 6.92 Å². The van der Waals surface area contributed by atoms with E-state index in [4.69, 9.17) is 5.11 Å². The number of carbonyl (C=O) groups excluding carboxylic acids is 1. The summed E-state index contributed by atoms with van der Waals surface area (Å²) in [5.41, 5.74) is 0. The molecule has 4 nitrogen and oxygen atoms in total. The molecule has 0 spiro atoms. The lowest BCUT2D eigenvalue weighted by Crippen LogP contribution is -2.26. The van der Waals surface area contributed by atoms with E-state index in [9.17, 15) is 9.59 Å². The summed E-state index contributed by atoms with van der Waals surface area (Å²) < 4.78 is 0. The molecule has 1 aliphatic rings. The molecule has 1 aliphatic carbocycles. The summed E-state index contributed by atoms with van der Waals surface area (Å²) in [6, 6.07) is 0. The highest BCUT2D eigenvalue weighted by molar-refractivity contribution is 5.73. The van der Waals surface area contributed by atoms with E-state index < -0.39 is 5.97 Å². The third-order valence-electron chi connectivity index (χ3n) is 2.53. The van der Waals surface area contributed by atoms with Crippen molar-refractivity contribution in [2.45, 2.75) is 26.2 Å². The fourth-order valence-electron chi connectivity index (χ4n) is 1.77. The molecule has 0 aromatic rings. The number of carboxylic acid groups (broad SMARTS) is 1. The first kappa shape index (κ1) is 10.0. The molecule has 2 atom stereocenters. The quantitative estimate of drug-likeness (QED) is 0.677. The van der Waals surface area contributed by atoms with Crippen LogP contribution in [0, 0.1) is 11.8 Å². The zero-order valence-corrected chi connectivity index (χ0v) is 7.75. The molecular formula is C9H15NO3. The monoisotopic (exact) mass is 185 g/mol. The van der Waals surface area contributed by atoms with Crippen LogP contribution < -0.4 is 5.32 Å². The molecule has 0 bridgehead atoms. The molecule has 0 radical (unpaired) electrons. The molecule has 1 amide bonds. The Morgan fingerprint density at radius 2 is 2.15 bits per heavy atom. The summed E-state index contributed by atoms with van der Waals surface area (Å²) in [6.45, 7) is 2.10. The predicted octanol–water partition coefficient (Wildman–Crippen LogP) is 0.623. The van der Waals surface area contributed by atoms with Gasteiger partial charge in [-0.05, 0) is 25.2 Å². The zero-order valence-electron chi connectivity index (χ0n) is 7.75. The average molecular weight is 185 g/mol. The smallest absolute Gasteiger partial charge is 0.306 e. The van der Waals surface area contributed by atoms with Gasteiger partial charge in [-0.1, -0.05) is 0 Å². The predicted molar refractivity (Wildman–Crippen MR) is 47.2 cm³/mol. The molecular weight excluding hydrogens is 170 g/mol. The summed E-state index contributed by atoms with van der Waals surface area (Å²) in [7, 11) is 0. The van der Waals surface area contributed by atoms with Crippen LogP contribution in [0.2, 0.25) is 0 Å². The number of carboxylic acids is 1. The van der Waals surface area contributed by atoms with Crippen molar-refractivity contribution in [2.75, 3.05) is 6.54 Å². The maximum atomic E-state index is 10.6. The van der Waals surface area contributed by atoms with E-state index in [1.54, 1.807) is 0 Å². The Morgan fingerprint density at radius 1 is 1.46 bits per heavy atom. The van der Waals surface area contributed by atoms with Crippen LogP contribution in [0.4, 0.5) is 0 Å². The summed E-state index contributed by atoms with van der Waals surface area (Å²) in [6.07, 6.45) is 2.37. The molecule has 0 saturated heterocycles. The van der Waals surface area contributed by atoms with Gasteiger partial charge in [0.25, 0.3) is 0 Å². The molecule has 2 N–H and O–H groups in total. The van der Waals surface area contributed by atoms with E-state index in [0.29, 0.717) is 18.9 Å². The van der Waals surface area contributed by atoms with Crippen LogP contribution >= 0.6 is 0 Å². The van der Waals surface area contributed by atoms with Crippen molar-refractivity contribution in [3.63, 3.8) is 0 Å². The van der Waals surface area contributed by atoms with Gasteiger partial charge in [-0.25, -0.2) is 0 Å². The van der Waals surface area contributed by atoms with E-state index in [0.717, 1.165) is 12.8 Å². The number of rotatable bonds is 3. The van der Waals surface area contributed by atoms with Gasteiger partial charge in [0.1, 0.15) is 0 Å². The molecule has 13 heavy (non-hydrogen) atoms. The maximum absolute atomic E-state index is 10.6. The molecule has 1 saturated carbocycles. The van der Waals surface area contributed by atoms with Crippen molar-refractivity contribution in [3.05, 3.63) is 0 Å². The molecule has 1 fully saturated rings. The second-order valence-electron chi connectivity index (χ2n) is 3.65. The highest BCUT2D eigenvalue weighted by Gasteiger charge is 2.29. The molecule has 0 aromatic carbocycles. The van der Waals surface area contributed by atoms with Gasteiger partial charge in [-0.15, -0.1) is 0 Å². The Kier molecular flexibility index (Phi) is 3.28. The SMILES string of the molecule is CC(=O)NCC1CCC(C(=O)O)C1. The van der Waals surface area contributed by atoms with Crippen LogP contribution in [0.25, 0.3) is 0 Å². The largest absolute Gasteiger partial charge is 0.481 e. The van der Waals surface area contributed by atoms with Gasteiger partial charge >= 0.3 is 5.97 Å². The summed E-state index contributed by atoms with van der Waals surface area (Å²) >= 11 is 0. The van der Waals surface area contributed by atoms with E-state index in [-0.39, 0.29) is 11.8 Å². The van der Waals surface area contributed by atoms with Crippen molar-refractivity contribution in [3.8, 4) is 0 Å². The molecule has 0 heterocycles. The first-order chi connectivity index (χ1) is 6.09. The second kappa shape index (κ2) is 4.25. The standard InChI is InChI=1S/C9H15NO3/c1-6(11)10-5-7-2-3-8(4-7)9(12)13/h7-8H,2-5H2,1H3,(H,10,11)(H,12,13). The maximum Gasteiger partial charge on any atom is 0.306 e. The Hall–Kier alpha value is -1.06. The fraction of sp³-hybridized carbons (Fsp3) is 0.778. The van der Waals surface area contributed by atoms with Gasteiger partial charge in [-0.3, -0.25) is 9.59 Å². The summed E-state index contributed by atoms with van der Waals surface area (Å²) in [5.74, 6) is -0.590. The minimum absolute atomic E-state index is 0.0428. The lowest BCUT2D eigenvalue weighted by atomic mass is 10.1. The van der Waals surface area contributed by atoms with Gasteiger partial charge in [-0.2, -0.15) is 0 Å². The first-order valence-electron chi connectivity index (χ1n) is 4.57. The first-order valence-corrected chi connectivity index (χ1v) is 4.57. The fourth-order valence-corrected chi connectivity index (χ4v) is 1.77. The van der Waals surface area contributed by atoms with Gasteiger partial charge in [0.05, 0.1) is 5.92 Å². The number of aliphatic carboxylic acids is 1. The van der Waals surface area contributed by atoms with Crippen LogP contribution in [0.3, 0.4) is 0 Å². The molecule has 0 aromatic heterocycles. The topological polar surface area (TPSA) is 66.4 Å². The molecule has 0 aliphatic heterocycles. The number of hydrogen-bond acceptors (Lipinski definition) is 2. The van der Waals surface area contributed by atoms with Crippen molar-refractivity contribution in [1.29, 1.82) is 0 Å². The minimum Gasteiger partial charge on any atom is -0.481 e. The van der Waals surface area contributed by atoms with Crippen molar-refractivity contribution >= 4 is 11.9 Å². The number of amides is 1. The third kappa shape index (κ3) is 3.05. The van der Waals surface area contributed by atoms with Gasteiger partial charge in [0.2, 0.25) is 5.91 Å². The summed E-state index contributed by atoms with van der Waals surface area (Å²) in [5, 5.41) is 11.4. The van der Waals surface area contributed by atoms with Crippen LogP contribution in [0.15, 0.2) is 0 Å². The van der Waals surface area contributed by atoms with E-state index >= 15 is 0 Å². The second-order valence-corrected chi connectivity index (χ2v) is 3.65. The average Bonchev–Trinajstić information content (AvgIpc) is 2.48. The number of carbonyl (C=O) groups is 2. The highest BCUT2D eigenvalue weighted by atomic mass is 16.4. The Bertz CT molecular complexity index is 215. The number of hydrogen-bond donors (Lipinski definition) is 2. The summed E-state index contributed by atoms with van der Waals surface area (Å²) in [4.78, 5) is 21.2. The lowest BCUT2D eigenvalue weighted by Gasteiger charge is -2.09. The van der Waals surface area contributed by atoms with Gasteiger partial charge in [0, 0.05) is 13.5 Å². The third-order valence-corrected chi connectivity index (χ3v) is 2.53. The van der Waals surface area contributed by atoms with E-state index in [2.05, 4.69) is 5.32 Å². The number of nitrogens with one attached hydrogen (secondary N) is 1. The Morgan fingerprint density at radius 3 is 2.62 bits per heavy atom. The molecule has 1 rings (SSSR count). The van der Waals surface area contributed by atoms with Gasteiger partial charge in [0.15, 0.2) is 0 Å². The normalized spacial score (nSPS) is 27.2. The van der Waals surface area contributed by atoms with Crippen LogP contribution in [-0.2, 0) is 9.59 Å². The van der Waals surface area contributed by atoms with Crippen molar-refractivity contribution < 1.29 is 14.7 Å². The molecule has 4 heteroatoms.